The maximum Gasteiger partial charge on any atom is 0.297 e. The van der Waals surface area contributed by atoms with Gasteiger partial charge in [0.15, 0.2) is 0 Å². The lowest BCUT2D eigenvalue weighted by molar-refractivity contribution is 0.626. The van der Waals surface area contributed by atoms with Crippen molar-refractivity contribution < 1.29 is 8.42 Å². The second-order valence-corrected chi connectivity index (χ2v) is 4.15. The van der Waals surface area contributed by atoms with Gasteiger partial charge in [-0.1, -0.05) is 36.8 Å². The molecule has 0 saturated carbocycles. The van der Waals surface area contributed by atoms with Gasteiger partial charge in [-0.2, -0.15) is 13.4 Å². The van der Waals surface area contributed by atoms with E-state index < -0.39 is 10.3 Å². The summed E-state index contributed by atoms with van der Waals surface area (Å²) < 4.78 is 19.8. The SMILES string of the molecule is CCc1cccc(C)c1.O=S(=O)=C1N=CN=N1. The average molecular weight is 251 g/mol. The van der Waals surface area contributed by atoms with E-state index in [-0.39, 0.29) is 5.11 Å². The highest BCUT2D eigenvalue weighted by Crippen LogP contribution is 2.03. The Morgan fingerprint density at radius 1 is 1.29 bits per heavy atom. The summed E-state index contributed by atoms with van der Waals surface area (Å²) in [5.41, 5.74) is 2.78. The lowest BCUT2D eigenvalue weighted by atomic mass is 10.1. The summed E-state index contributed by atoms with van der Waals surface area (Å²) in [5.74, 6) is 0. The third kappa shape index (κ3) is 4.69. The number of aliphatic imine (C=N–C) groups is 1. The number of nitrogens with zero attached hydrogens (tertiary/aromatic N) is 3. The number of azo groups is 1. The quantitative estimate of drug-likeness (QED) is 0.716. The van der Waals surface area contributed by atoms with E-state index in [0.29, 0.717) is 0 Å². The molecule has 0 bridgehead atoms. The van der Waals surface area contributed by atoms with E-state index in [2.05, 4.69) is 53.3 Å². The Kier molecular flexibility index (Phi) is 5.22. The van der Waals surface area contributed by atoms with Crippen molar-refractivity contribution in [1.29, 1.82) is 0 Å². The lowest BCUT2D eigenvalue weighted by Crippen LogP contribution is -1.82. The Bertz CT molecular complexity index is 552. The van der Waals surface area contributed by atoms with Crippen molar-refractivity contribution in [2.45, 2.75) is 20.3 Å². The summed E-state index contributed by atoms with van der Waals surface area (Å²) in [4.78, 5) is 3.28. The zero-order valence-corrected chi connectivity index (χ0v) is 10.5. The van der Waals surface area contributed by atoms with E-state index in [1.807, 2.05) is 0 Å². The van der Waals surface area contributed by atoms with Crippen LogP contribution in [0.3, 0.4) is 0 Å². The molecule has 1 aromatic rings. The summed E-state index contributed by atoms with van der Waals surface area (Å²) in [6.07, 6.45) is 2.22. The van der Waals surface area contributed by atoms with Gasteiger partial charge in [-0.3, -0.25) is 0 Å². The fourth-order valence-corrected chi connectivity index (χ4v) is 1.43. The van der Waals surface area contributed by atoms with Crippen LogP contribution in [0, 0.1) is 6.92 Å². The molecule has 90 valence electrons. The molecule has 17 heavy (non-hydrogen) atoms. The van der Waals surface area contributed by atoms with Crippen LogP contribution in [0.1, 0.15) is 18.1 Å². The standard InChI is InChI=1S/C9H12.C2HN3O2S/c1-3-9-6-4-5-8(2)7-9;6-8(7)2-3-1-4-5-2/h4-7H,3H2,1-2H3;1H. The van der Waals surface area contributed by atoms with E-state index in [1.165, 1.54) is 11.1 Å². The number of aryl methyl sites for hydroxylation is 2. The fraction of sp³-hybridized carbons (Fsp3) is 0.273. The molecule has 1 heterocycles. The molecule has 1 aromatic carbocycles. The first-order valence-corrected chi connectivity index (χ1v) is 6.16. The van der Waals surface area contributed by atoms with Crippen LogP contribution in [0.5, 0.6) is 0 Å². The Morgan fingerprint density at radius 2 is 2.06 bits per heavy atom. The van der Waals surface area contributed by atoms with Crippen molar-refractivity contribution in [1.82, 2.24) is 0 Å². The number of benzene rings is 1. The normalized spacial score (nSPS) is 12.2. The van der Waals surface area contributed by atoms with Crippen LogP contribution >= 0.6 is 0 Å². The molecule has 0 N–H and O–H groups in total. The molecule has 0 aliphatic carbocycles. The summed E-state index contributed by atoms with van der Waals surface area (Å²) >= 11 is 0. The average Bonchev–Trinajstić information content (AvgIpc) is 2.83. The molecule has 0 saturated heterocycles. The molecular formula is C11H13N3O2S. The van der Waals surface area contributed by atoms with Crippen molar-refractivity contribution in [3.63, 3.8) is 0 Å². The predicted molar refractivity (Wildman–Crippen MR) is 67.8 cm³/mol. The predicted octanol–water partition coefficient (Wildman–Crippen LogP) is 2.00. The first-order valence-electron chi connectivity index (χ1n) is 5.08. The summed E-state index contributed by atoms with van der Waals surface area (Å²) in [5, 5.41) is 6.07. The summed E-state index contributed by atoms with van der Waals surface area (Å²) in [6.45, 7) is 4.30. The largest absolute Gasteiger partial charge is 0.297 e. The molecule has 0 unspecified atom stereocenters. The van der Waals surface area contributed by atoms with E-state index in [1.54, 1.807) is 0 Å². The van der Waals surface area contributed by atoms with Gasteiger partial charge in [-0.25, -0.2) is 0 Å². The second-order valence-electron chi connectivity index (χ2n) is 3.32. The van der Waals surface area contributed by atoms with Gasteiger partial charge in [0.05, 0.1) is 0 Å². The molecule has 0 spiro atoms. The van der Waals surface area contributed by atoms with E-state index in [0.717, 1.165) is 12.8 Å². The van der Waals surface area contributed by atoms with Gasteiger partial charge in [0.25, 0.3) is 15.4 Å². The maximum atomic E-state index is 9.90. The Hall–Kier alpha value is -1.82. The van der Waals surface area contributed by atoms with E-state index in [4.69, 9.17) is 0 Å². The van der Waals surface area contributed by atoms with Crippen molar-refractivity contribution >= 4 is 21.7 Å². The third-order valence-corrected chi connectivity index (χ3v) is 2.49. The minimum atomic E-state index is -2.33. The summed E-state index contributed by atoms with van der Waals surface area (Å²) in [7, 11) is -2.33. The minimum Gasteiger partial charge on any atom is -0.200 e. The molecule has 2 rings (SSSR count). The number of hydrogen-bond donors (Lipinski definition) is 0. The van der Waals surface area contributed by atoms with E-state index >= 15 is 0 Å². The molecule has 0 fully saturated rings. The minimum absolute atomic E-state index is 0.259. The highest BCUT2D eigenvalue weighted by atomic mass is 32.2. The Balaban J connectivity index is 0.000000171. The van der Waals surface area contributed by atoms with Crippen LogP contribution in [0.4, 0.5) is 0 Å². The molecule has 1 aliphatic rings. The molecule has 0 amide bonds. The van der Waals surface area contributed by atoms with Crippen LogP contribution in [0.15, 0.2) is 39.5 Å². The number of rotatable bonds is 1. The third-order valence-electron chi connectivity index (χ3n) is 2.00. The molecule has 0 aromatic heterocycles. The van der Waals surface area contributed by atoms with Crippen molar-refractivity contribution in [2.75, 3.05) is 0 Å². The lowest BCUT2D eigenvalue weighted by Gasteiger charge is -1.95. The zero-order chi connectivity index (χ0) is 12.7. The maximum absolute atomic E-state index is 9.90. The van der Waals surface area contributed by atoms with Gasteiger partial charge in [0.2, 0.25) is 0 Å². The molecular weight excluding hydrogens is 238 g/mol. The van der Waals surface area contributed by atoms with Gasteiger partial charge >= 0.3 is 0 Å². The van der Waals surface area contributed by atoms with Crippen molar-refractivity contribution in [3.05, 3.63) is 35.4 Å². The molecule has 0 atom stereocenters. The first-order chi connectivity index (χ1) is 8.13. The molecule has 6 heteroatoms. The highest BCUT2D eigenvalue weighted by molar-refractivity contribution is 7.72. The van der Waals surface area contributed by atoms with Gasteiger partial charge in [-0.15, -0.1) is 10.2 Å². The van der Waals surface area contributed by atoms with Crippen LogP contribution in [0.25, 0.3) is 0 Å². The fourth-order valence-electron chi connectivity index (χ4n) is 1.18. The number of hydrogen-bond acceptors (Lipinski definition) is 3. The van der Waals surface area contributed by atoms with Crippen LogP contribution < -0.4 is 0 Å². The van der Waals surface area contributed by atoms with Gasteiger partial charge in [0, 0.05) is 0 Å². The smallest absolute Gasteiger partial charge is 0.200 e. The van der Waals surface area contributed by atoms with Gasteiger partial charge in [-0.05, 0) is 18.9 Å². The van der Waals surface area contributed by atoms with Crippen LogP contribution in [-0.2, 0) is 16.7 Å². The highest BCUT2D eigenvalue weighted by Gasteiger charge is 1.96. The molecule has 0 radical (unpaired) electrons. The van der Waals surface area contributed by atoms with E-state index in [9.17, 15) is 8.42 Å². The molecule has 1 aliphatic heterocycles. The first kappa shape index (κ1) is 13.2. The van der Waals surface area contributed by atoms with Gasteiger partial charge in [0.1, 0.15) is 6.34 Å². The Morgan fingerprint density at radius 3 is 2.41 bits per heavy atom. The van der Waals surface area contributed by atoms with Crippen LogP contribution in [-0.4, -0.2) is 19.9 Å². The summed E-state index contributed by atoms with van der Waals surface area (Å²) in [6, 6.07) is 8.61. The molecule has 5 nitrogen and oxygen atoms in total. The van der Waals surface area contributed by atoms with Crippen LogP contribution in [0.2, 0.25) is 0 Å². The van der Waals surface area contributed by atoms with Gasteiger partial charge < -0.3 is 0 Å². The Labute approximate surface area is 101 Å². The second kappa shape index (κ2) is 6.70. The van der Waals surface area contributed by atoms with Crippen molar-refractivity contribution in [3.8, 4) is 0 Å². The topological polar surface area (TPSA) is 71.2 Å². The monoisotopic (exact) mass is 251 g/mol. The zero-order valence-electron chi connectivity index (χ0n) is 9.66. The van der Waals surface area contributed by atoms with Crippen molar-refractivity contribution in [2.24, 2.45) is 15.2 Å².